The minimum Gasteiger partial charge on any atom is -0.508 e. The van der Waals surface area contributed by atoms with Crippen molar-refractivity contribution in [2.45, 2.75) is 38.3 Å². The largest absolute Gasteiger partial charge is 0.508 e. The number of nitrogens with two attached hydrogens (primary N) is 1. The molecule has 4 nitrogen and oxygen atoms in total. The summed E-state index contributed by atoms with van der Waals surface area (Å²) < 4.78 is 0. The van der Waals surface area contributed by atoms with Crippen molar-refractivity contribution in [1.29, 1.82) is 0 Å². The number of phenolic OH excluding ortho intramolecular Hbond substituents is 2. The highest BCUT2D eigenvalue weighted by atomic mass is 35.5. The van der Waals surface area contributed by atoms with Crippen molar-refractivity contribution in [2.75, 3.05) is 0 Å². The molecule has 0 aliphatic rings. The summed E-state index contributed by atoms with van der Waals surface area (Å²) in [4.78, 5) is 0. The van der Waals surface area contributed by atoms with Crippen LogP contribution < -0.4 is 5.73 Å². The number of phenols is 2. The van der Waals surface area contributed by atoms with Crippen LogP contribution in [0.25, 0.3) is 0 Å². The van der Waals surface area contributed by atoms with E-state index in [0.717, 1.165) is 12.8 Å². The Balaban J connectivity index is 0.00000256. The average Bonchev–Trinajstić information content (AvgIpc) is 2.28. The van der Waals surface area contributed by atoms with E-state index >= 15 is 0 Å². The Morgan fingerprint density at radius 1 is 1.29 bits per heavy atom. The van der Waals surface area contributed by atoms with Crippen LogP contribution >= 0.6 is 12.4 Å². The molecule has 1 rings (SSSR count). The molecule has 0 aliphatic carbocycles. The van der Waals surface area contributed by atoms with E-state index in [1.54, 1.807) is 0 Å². The zero-order valence-electron chi connectivity index (χ0n) is 9.84. The predicted molar refractivity (Wildman–Crippen MR) is 69.5 cm³/mol. The molecule has 0 aliphatic heterocycles. The molecule has 0 radical (unpaired) electrons. The van der Waals surface area contributed by atoms with Crippen LogP contribution in [0.4, 0.5) is 0 Å². The van der Waals surface area contributed by atoms with Crippen LogP contribution in [0, 0.1) is 0 Å². The Morgan fingerprint density at radius 2 is 1.94 bits per heavy atom. The van der Waals surface area contributed by atoms with Gasteiger partial charge in [0.25, 0.3) is 0 Å². The van der Waals surface area contributed by atoms with Gasteiger partial charge in [0.1, 0.15) is 11.5 Å². The van der Waals surface area contributed by atoms with E-state index in [1.165, 1.54) is 18.2 Å². The van der Waals surface area contributed by atoms with Gasteiger partial charge in [-0.25, -0.2) is 0 Å². The van der Waals surface area contributed by atoms with Gasteiger partial charge in [0.15, 0.2) is 0 Å². The van der Waals surface area contributed by atoms with Gasteiger partial charge in [0.2, 0.25) is 0 Å². The fourth-order valence-electron chi connectivity index (χ4n) is 1.61. The van der Waals surface area contributed by atoms with Gasteiger partial charge in [-0.3, -0.25) is 0 Å². The summed E-state index contributed by atoms with van der Waals surface area (Å²) in [6, 6.07) is 3.47. The van der Waals surface area contributed by atoms with E-state index in [2.05, 4.69) is 0 Å². The van der Waals surface area contributed by atoms with Gasteiger partial charge in [-0.2, -0.15) is 0 Å². The Hall–Kier alpha value is -0.970. The molecule has 0 bridgehead atoms. The monoisotopic (exact) mass is 261 g/mol. The quantitative estimate of drug-likeness (QED) is 0.611. The zero-order valence-corrected chi connectivity index (χ0v) is 10.7. The average molecular weight is 262 g/mol. The van der Waals surface area contributed by atoms with Gasteiger partial charge in [0.05, 0.1) is 12.1 Å². The van der Waals surface area contributed by atoms with E-state index in [4.69, 9.17) is 5.73 Å². The van der Waals surface area contributed by atoms with Crippen molar-refractivity contribution < 1.29 is 15.3 Å². The Morgan fingerprint density at radius 3 is 2.53 bits per heavy atom. The molecule has 5 N–H and O–H groups in total. The van der Waals surface area contributed by atoms with E-state index < -0.39 is 12.1 Å². The molecule has 0 heterocycles. The molecule has 0 amide bonds. The lowest BCUT2D eigenvalue weighted by molar-refractivity contribution is 0.131. The first-order valence-corrected chi connectivity index (χ1v) is 5.51. The van der Waals surface area contributed by atoms with E-state index in [9.17, 15) is 15.3 Å². The first-order chi connectivity index (χ1) is 7.56. The lowest BCUT2D eigenvalue weighted by atomic mass is 9.97. The van der Waals surface area contributed by atoms with Crippen molar-refractivity contribution >= 4 is 12.4 Å². The predicted octanol–water partition coefficient (Wildman–Crippen LogP) is 2.07. The standard InChI is InChI=1S/C12H19NO3.ClH/c1-2-3-4-11(16)12(13)9-7-8(14)5-6-10(9)15;/h5-7,11-12,14-16H,2-4,13H2,1H3;1H/t11-,12+;/m1./s1. The number of hydrogen-bond acceptors (Lipinski definition) is 4. The molecule has 0 aromatic heterocycles. The Kier molecular flexibility index (Phi) is 6.95. The minimum atomic E-state index is -0.701. The maximum atomic E-state index is 9.80. The number of rotatable bonds is 5. The topological polar surface area (TPSA) is 86.7 Å². The van der Waals surface area contributed by atoms with Gasteiger partial charge in [-0.1, -0.05) is 19.8 Å². The number of aliphatic hydroxyl groups is 1. The smallest absolute Gasteiger partial charge is 0.120 e. The second kappa shape index (κ2) is 7.37. The minimum absolute atomic E-state index is 0. The molecule has 1 aromatic rings. The van der Waals surface area contributed by atoms with Crippen molar-refractivity contribution in [3.63, 3.8) is 0 Å². The summed E-state index contributed by atoms with van der Waals surface area (Å²) in [5.41, 5.74) is 6.21. The van der Waals surface area contributed by atoms with Crippen LogP contribution in [-0.2, 0) is 0 Å². The van der Waals surface area contributed by atoms with E-state index in [0.29, 0.717) is 12.0 Å². The van der Waals surface area contributed by atoms with Crippen molar-refractivity contribution in [1.82, 2.24) is 0 Å². The lowest BCUT2D eigenvalue weighted by Crippen LogP contribution is -2.26. The van der Waals surface area contributed by atoms with E-state index in [-0.39, 0.29) is 23.9 Å². The molecule has 0 fully saturated rings. The summed E-state index contributed by atoms with van der Waals surface area (Å²) in [6.45, 7) is 2.03. The van der Waals surface area contributed by atoms with Crippen LogP contribution in [0.3, 0.4) is 0 Å². The number of unbranched alkanes of at least 4 members (excludes halogenated alkanes) is 1. The molecule has 5 heteroatoms. The molecule has 0 saturated heterocycles. The first kappa shape index (κ1) is 16.0. The maximum absolute atomic E-state index is 9.80. The van der Waals surface area contributed by atoms with Gasteiger partial charge < -0.3 is 21.1 Å². The summed E-state index contributed by atoms with van der Waals surface area (Å²) in [7, 11) is 0. The highest BCUT2D eigenvalue weighted by Crippen LogP contribution is 2.29. The second-order valence-electron chi connectivity index (χ2n) is 3.98. The van der Waals surface area contributed by atoms with E-state index in [1.807, 2.05) is 6.92 Å². The van der Waals surface area contributed by atoms with Gasteiger partial charge in [-0.15, -0.1) is 12.4 Å². The zero-order chi connectivity index (χ0) is 12.1. The number of benzene rings is 1. The SMILES string of the molecule is CCCC[C@@H](O)[C@@H](N)c1cc(O)ccc1O.Cl. The van der Waals surface area contributed by atoms with Crippen molar-refractivity contribution in [2.24, 2.45) is 5.73 Å². The molecule has 98 valence electrons. The van der Waals surface area contributed by atoms with Crippen molar-refractivity contribution in [3.05, 3.63) is 23.8 Å². The normalized spacial score (nSPS) is 13.8. The number of halogens is 1. The third-order valence-electron chi connectivity index (χ3n) is 2.64. The molecule has 0 spiro atoms. The number of aliphatic hydroxyl groups excluding tert-OH is 1. The van der Waals surface area contributed by atoms with Crippen LogP contribution in [0.5, 0.6) is 11.5 Å². The molecule has 17 heavy (non-hydrogen) atoms. The molecular formula is C12H20ClNO3. The molecule has 2 atom stereocenters. The first-order valence-electron chi connectivity index (χ1n) is 5.51. The number of aromatic hydroxyl groups is 2. The molecule has 0 saturated carbocycles. The summed E-state index contributed by atoms with van der Waals surface area (Å²) in [6.07, 6.45) is 1.75. The Labute approximate surface area is 107 Å². The lowest BCUT2D eigenvalue weighted by Gasteiger charge is -2.20. The fraction of sp³-hybridized carbons (Fsp3) is 0.500. The van der Waals surface area contributed by atoms with Gasteiger partial charge in [0, 0.05) is 5.56 Å². The van der Waals surface area contributed by atoms with Crippen LogP contribution in [-0.4, -0.2) is 21.4 Å². The van der Waals surface area contributed by atoms with Crippen molar-refractivity contribution in [3.8, 4) is 11.5 Å². The molecule has 1 aromatic carbocycles. The van der Waals surface area contributed by atoms with Gasteiger partial charge >= 0.3 is 0 Å². The summed E-state index contributed by atoms with van der Waals surface area (Å²) in [5, 5.41) is 28.7. The fourth-order valence-corrected chi connectivity index (χ4v) is 1.61. The third-order valence-corrected chi connectivity index (χ3v) is 2.64. The Bertz CT molecular complexity index is 347. The van der Waals surface area contributed by atoms with Crippen LogP contribution in [0.15, 0.2) is 18.2 Å². The molecular weight excluding hydrogens is 242 g/mol. The highest BCUT2D eigenvalue weighted by Gasteiger charge is 2.19. The van der Waals surface area contributed by atoms with Crippen LogP contribution in [0.2, 0.25) is 0 Å². The highest BCUT2D eigenvalue weighted by molar-refractivity contribution is 5.85. The third kappa shape index (κ3) is 4.42. The number of hydrogen-bond donors (Lipinski definition) is 4. The second-order valence-corrected chi connectivity index (χ2v) is 3.98. The van der Waals surface area contributed by atoms with Gasteiger partial charge in [-0.05, 0) is 24.6 Å². The maximum Gasteiger partial charge on any atom is 0.120 e. The summed E-state index contributed by atoms with van der Waals surface area (Å²) in [5.74, 6) is 0.0341. The summed E-state index contributed by atoms with van der Waals surface area (Å²) >= 11 is 0. The van der Waals surface area contributed by atoms with Crippen LogP contribution in [0.1, 0.15) is 37.8 Å². The molecule has 0 unspecified atom stereocenters.